The van der Waals surface area contributed by atoms with Crippen molar-refractivity contribution in [1.82, 2.24) is 10.6 Å². The maximum Gasteiger partial charge on any atom is 0.307 e. The van der Waals surface area contributed by atoms with Crippen LogP contribution in [0, 0.1) is 0 Å². The lowest BCUT2D eigenvalue weighted by Crippen LogP contribution is -2.47. The zero-order valence-electron chi connectivity index (χ0n) is 14.8. The Morgan fingerprint density at radius 2 is 2.13 bits per heavy atom. The second-order valence-corrected chi connectivity index (χ2v) is 8.09. The van der Waals surface area contributed by atoms with Crippen LogP contribution >= 0.6 is 0 Å². The predicted octanol–water partition coefficient (Wildman–Crippen LogP) is 1.57. The smallest absolute Gasteiger partial charge is 0.307 e. The van der Waals surface area contributed by atoms with Gasteiger partial charge in [-0.1, -0.05) is 13.3 Å². The van der Waals surface area contributed by atoms with Crippen molar-refractivity contribution in [3.8, 4) is 0 Å². The highest BCUT2D eigenvalue weighted by atomic mass is 32.2. The van der Waals surface area contributed by atoms with Gasteiger partial charge in [0.15, 0.2) is 5.96 Å². The first-order valence-corrected chi connectivity index (χ1v) is 9.88. The van der Waals surface area contributed by atoms with E-state index >= 15 is 0 Å². The van der Waals surface area contributed by atoms with Gasteiger partial charge in [-0.25, -0.2) is 0 Å². The topological polar surface area (TPSA) is 79.8 Å². The maximum atomic E-state index is 12.0. The lowest BCUT2D eigenvalue weighted by Gasteiger charge is -2.30. The van der Waals surface area contributed by atoms with Crippen LogP contribution < -0.4 is 10.6 Å². The molecule has 6 nitrogen and oxygen atoms in total. The van der Waals surface area contributed by atoms with Crippen LogP contribution in [-0.2, 0) is 20.3 Å². The molecule has 1 fully saturated rings. The molecule has 1 rings (SSSR count). The van der Waals surface area contributed by atoms with Gasteiger partial charge in [-0.15, -0.1) is 0 Å². The zero-order chi connectivity index (χ0) is 17.2. The van der Waals surface area contributed by atoms with Gasteiger partial charge in [0.05, 0.1) is 12.5 Å². The summed E-state index contributed by atoms with van der Waals surface area (Å²) in [5.74, 6) is 1.21. The van der Waals surface area contributed by atoms with Gasteiger partial charge in [0.25, 0.3) is 0 Å². The summed E-state index contributed by atoms with van der Waals surface area (Å²) in [6.07, 6.45) is 4.34. The number of carbonyl (C=O) groups is 1. The highest BCUT2D eigenvalue weighted by molar-refractivity contribution is 7.85. The maximum absolute atomic E-state index is 12.0. The monoisotopic (exact) mass is 345 g/mol. The molecular formula is C16H31N3O3S. The average molecular weight is 346 g/mol. The van der Waals surface area contributed by atoms with Crippen molar-refractivity contribution in [3.05, 3.63) is 0 Å². The Balaban J connectivity index is 2.35. The van der Waals surface area contributed by atoms with Crippen molar-refractivity contribution in [1.29, 1.82) is 0 Å². The minimum atomic E-state index is -0.730. The van der Waals surface area contributed by atoms with Gasteiger partial charge in [-0.05, 0) is 33.1 Å². The quantitative estimate of drug-likeness (QED) is 0.416. The number of guanidine groups is 1. The SMILES string of the molecule is CCS(=O)C1CCCC(NC(=NC)NCCC(=O)OC(C)C)C1. The second-order valence-electron chi connectivity index (χ2n) is 6.09. The van der Waals surface area contributed by atoms with E-state index in [2.05, 4.69) is 15.6 Å². The number of aliphatic imine (C=N–C) groups is 1. The number of hydrogen-bond donors (Lipinski definition) is 2. The highest BCUT2D eigenvalue weighted by Gasteiger charge is 2.26. The molecule has 1 aliphatic rings. The number of rotatable bonds is 7. The number of nitrogens with zero attached hydrogens (tertiary/aromatic N) is 1. The van der Waals surface area contributed by atoms with Crippen molar-refractivity contribution in [2.45, 2.75) is 70.3 Å². The normalized spacial score (nSPS) is 23.4. The molecule has 0 amide bonds. The summed E-state index contributed by atoms with van der Waals surface area (Å²) in [6.45, 7) is 6.14. The Morgan fingerprint density at radius 3 is 2.74 bits per heavy atom. The molecule has 0 saturated heterocycles. The van der Waals surface area contributed by atoms with Crippen molar-refractivity contribution in [2.75, 3.05) is 19.3 Å². The minimum Gasteiger partial charge on any atom is -0.463 e. The van der Waals surface area contributed by atoms with Gasteiger partial charge in [0.1, 0.15) is 0 Å². The van der Waals surface area contributed by atoms with Crippen LogP contribution in [0.4, 0.5) is 0 Å². The lowest BCUT2D eigenvalue weighted by atomic mass is 9.95. The molecule has 1 aliphatic carbocycles. The van der Waals surface area contributed by atoms with Crippen LogP contribution in [0.15, 0.2) is 4.99 Å². The number of esters is 1. The summed E-state index contributed by atoms with van der Waals surface area (Å²) < 4.78 is 17.1. The van der Waals surface area contributed by atoms with Gasteiger partial charge in [-0.3, -0.25) is 14.0 Å². The summed E-state index contributed by atoms with van der Waals surface area (Å²) in [6, 6.07) is 0.290. The van der Waals surface area contributed by atoms with E-state index in [-0.39, 0.29) is 23.4 Å². The standard InChI is InChI=1S/C16H31N3O3S/c1-5-23(21)14-8-6-7-13(11-14)19-16(17-4)18-10-9-15(20)22-12(2)3/h12-14H,5-11H2,1-4H3,(H2,17,18,19). The van der Waals surface area contributed by atoms with E-state index in [4.69, 9.17) is 4.74 Å². The third-order valence-corrected chi connectivity index (χ3v) is 5.58. The Morgan fingerprint density at radius 1 is 1.39 bits per heavy atom. The van der Waals surface area contributed by atoms with Crippen LogP contribution in [0.5, 0.6) is 0 Å². The van der Waals surface area contributed by atoms with Crippen LogP contribution in [0.25, 0.3) is 0 Å². The summed E-state index contributed by atoms with van der Waals surface area (Å²) >= 11 is 0. The number of carbonyl (C=O) groups excluding carboxylic acids is 1. The van der Waals surface area contributed by atoms with Crippen molar-refractivity contribution in [2.24, 2.45) is 4.99 Å². The molecule has 0 aromatic rings. The molecule has 0 heterocycles. The highest BCUT2D eigenvalue weighted by Crippen LogP contribution is 2.22. The molecule has 0 aromatic heterocycles. The fourth-order valence-corrected chi connectivity index (χ4v) is 4.09. The van der Waals surface area contributed by atoms with Gasteiger partial charge < -0.3 is 15.4 Å². The number of hydrogen-bond acceptors (Lipinski definition) is 4. The molecule has 0 aromatic carbocycles. The third kappa shape index (κ3) is 7.81. The van der Waals surface area contributed by atoms with E-state index in [1.54, 1.807) is 7.05 Å². The Bertz CT molecular complexity index is 427. The Kier molecular flexibility index (Phi) is 9.21. The van der Waals surface area contributed by atoms with Crippen LogP contribution in [0.1, 0.15) is 52.9 Å². The van der Waals surface area contributed by atoms with Crippen LogP contribution in [-0.4, -0.2) is 52.9 Å². The first-order chi connectivity index (χ1) is 11.0. The van der Waals surface area contributed by atoms with Gasteiger partial charge in [0, 0.05) is 41.4 Å². The van der Waals surface area contributed by atoms with E-state index in [9.17, 15) is 9.00 Å². The molecule has 23 heavy (non-hydrogen) atoms. The van der Waals surface area contributed by atoms with Crippen molar-refractivity contribution >= 4 is 22.7 Å². The number of ether oxygens (including phenoxy) is 1. The van der Waals surface area contributed by atoms with E-state index in [1.165, 1.54) is 0 Å². The largest absolute Gasteiger partial charge is 0.463 e. The molecular weight excluding hydrogens is 314 g/mol. The summed E-state index contributed by atoms with van der Waals surface area (Å²) in [5, 5.41) is 6.81. The van der Waals surface area contributed by atoms with Crippen LogP contribution in [0.2, 0.25) is 0 Å². The molecule has 0 spiro atoms. The fourth-order valence-electron chi connectivity index (χ4n) is 2.74. The van der Waals surface area contributed by atoms with Crippen molar-refractivity contribution in [3.63, 3.8) is 0 Å². The first-order valence-electron chi connectivity index (χ1n) is 8.50. The fraction of sp³-hybridized carbons (Fsp3) is 0.875. The minimum absolute atomic E-state index is 0.0847. The lowest BCUT2D eigenvalue weighted by molar-refractivity contribution is -0.147. The Labute approximate surface area is 142 Å². The molecule has 0 radical (unpaired) electrons. The summed E-state index contributed by atoms with van der Waals surface area (Å²) in [7, 11) is 0.985. The second kappa shape index (κ2) is 10.6. The zero-order valence-corrected chi connectivity index (χ0v) is 15.6. The first kappa shape index (κ1) is 19.9. The molecule has 2 N–H and O–H groups in total. The van der Waals surface area contributed by atoms with Gasteiger partial charge in [-0.2, -0.15) is 0 Å². The molecule has 134 valence electrons. The average Bonchev–Trinajstić information content (AvgIpc) is 2.52. The molecule has 0 aliphatic heterocycles. The van der Waals surface area contributed by atoms with E-state index in [0.717, 1.165) is 31.4 Å². The third-order valence-electron chi connectivity index (χ3n) is 3.84. The summed E-state index contributed by atoms with van der Waals surface area (Å²) in [4.78, 5) is 15.7. The van der Waals surface area contributed by atoms with Gasteiger partial charge >= 0.3 is 5.97 Å². The summed E-state index contributed by atoms with van der Waals surface area (Å²) in [5.41, 5.74) is 0. The van der Waals surface area contributed by atoms with E-state index in [1.807, 2.05) is 20.8 Å². The Hall–Kier alpha value is -1.11. The van der Waals surface area contributed by atoms with E-state index in [0.29, 0.717) is 18.9 Å². The predicted molar refractivity (Wildman–Crippen MR) is 95.1 cm³/mol. The number of nitrogens with one attached hydrogen (secondary N) is 2. The molecule has 3 atom stereocenters. The van der Waals surface area contributed by atoms with Crippen LogP contribution in [0.3, 0.4) is 0 Å². The molecule has 3 unspecified atom stereocenters. The molecule has 7 heteroatoms. The van der Waals surface area contributed by atoms with Crippen molar-refractivity contribution < 1.29 is 13.7 Å². The van der Waals surface area contributed by atoms with E-state index < -0.39 is 10.8 Å². The molecule has 1 saturated carbocycles. The van der Waals surface area contributed by atoms with Gasteiger partial charge in [0.2, 0.25) is 0 Å². The molecule has 0 bridgehead atoms.